The van der Waals surface area contributed by atoms with Crippen LogP contribution in [0.2, 0.25) is 5.02 Å². The Morgan fingerprint density at radius 2 is 2.33 bits per heavy atom. The molecule has 112 valence electrons. The van der Waals surface area contributed by atoms with Crippen molar-refractivity contribution >= 4 is 17.5 Å². The number of hydrogen-bond donors (Lipinski definition) is 1. The van der Waals surface area contributed by atoms with Gasteiger partial charge in [0.05, 0.1) is 17.3 Å². The van der Waals surface area contributed by atoms with E-state index in [0.29, 0.717) is 17.3 Å². The normalized spacial score (nSPS) is 17.6. The van der Waals surface area contributed by atoms with Gasteiger partial charge < -0.3 is 9.88 Å². The Kier molecular flexibility index (Phi) is 3.67. The Labute approximate surface area is 127 Å². The van der Waals surface area contributed by atoms with Gasteiger partial charge in [0.1, 0.15) is 11.5 Å². The average molecular weight is 309 g/mol. The second kappa shape index (κ2) is 5.48. The minimum Gasteiger partial charge on any atom is -0.341 e. The molecule has 3 heterocycles. The van der Waals surface area contributed by atoms with E-state index in [1.807, 2.05) is 18.4 Å². The molecule has 0 saturated carbocycles. The Morgan fingerprint density at radius 3 is 3.10 bits per heavy atom. The molecule has 0 saturated heterocycles. The summed E-state index contributed by atoms with van der Waals surface area (Å²) >= 11 is 6.06. The third-order valence-electron chi connectivity index (χ3n) is 3.77. The zero-order valence-corrected chi connectivity index (χ0v) is 12.8. The van der Waals surface area contributed by atoms with Gasteiger partial charge in [0.25, 0.3) is 5.91 Å². The fourth-order valence-electron chi connectivity index (χ4n) is 2.71. The Bertz CT molecular complexity index is 676. The molecular formula is C13H17ClN6O. The Morgan fingerprint density at radius 1 is 1.52 bits per heavy atom. The van der Waals surface area contributed by atoms with E-state index < -0.39 is 0 Å². The van der Waals surface area contributed by atoms with Crippen LogP contribution in [0.1, 0.15) is 47.9 Å². The van der Waals surface area contributed by atoms with Crippen LogP contribution in [0.3, 0.4) is 0 Å². The minimum absolute atomic E-state index is 0.135. The number of aromatic nitrogens is 5. The molecule has 2 aromatic rings. The average Bonchev–Trinajstić information content (AvgIpc) is 3.03. The molecule has 21 heavy (non-hydrogen) atoms. The van der Waals surface area contributed by atoms with E-state index in [1.165, 1.54) is 6.20 Å². The van der Waals surface area contributed by atoms with Crippen LogP contribution in [-0.2, 0) is 13.1 Å². The number of nitrogens with zero attached hydrogens (tertiary/aromatic N) is 5. The molecule has 0 aromatic carbocycles. The van der Waals surface area contributed by atoms with E-state index in [-0.39, 0.29) is 11.9 Å². The van der Waals surface area contributed by atoms with Gasteiger partial charge in [-0.1, -0.05) is 11.6 Å². The third-order valence-corrected chi connectivity index (χ3v) is 4.04. The highest BCUT2D eigenvalue weighted by molar-refractivity contribution is 6.33. The van der Waals surface area contributed by atoms with Crippen molar-refractivity contribution in [3.63, 3.8) is 0 Å². The summed E-state index contributed by atoms with van der Waals surface area (Å²) in [6.07, 6.45) is 3.33. The predicted molar refractivity (Wildman–Crippen MR) is 77.1 cm³/mol. The summed E-state index contributed by atoms with van der Waals surface area (Å²) in [4.78, 5) is 12.5. The van der Waals surface area contributed by atoms with E-state index in [2.05, 4.69) is 20.6 Å². The van der Waals surface area contributed by atoms with E-state index in [9.17, 15) is 4.79 Å². The van der Waals surface area contributed by atoms with E-state index in [0.717, 1.165) is 31.0 Å². The first kappa shape index (κ1) is 14.1. The van der Waals surface area contributed by atoms with Gasteiger partial charge in [-0.05, 0) is 26.7 Å². The fourth-order valence-corrected chi connectivity index (χ4v) is 2.93. The standard InChI is InChI=1S/C13H17ClN6O/c1-3-20-11(9(14)7-15-20)13(21)16-10-5-4-6-19-8(2)17-18-12(10)19/h7,10H,3-6H2,1-2H3,(H,16,21). The largest absolute Gasteiger partial charge is 0.341 e. The number of rotatable bonds is 3. The molecule has 1 aliphatic heterocycles. The molecule has 0 aliphatic carbocycles. The second-order valence-electron chi connectivity index (χ2n) is 5.08. The third kappa shape index (κ3) is 2.42. The summed E-state index contributed by atoms with van der Waals surface area (Å²) in [5, 5.41) is 15.7. The lowest BCUT2D eigenvalue weighted by atomic mass is 10.1. The van der Waals surface area contributed by atoms with Crippen LogP contribution < -0.4 is 5.32 Å². The lowest BCUT2D eigenvalue weighted by Gasteiger charge is -2.24. The van der Waals surface area contributed by atoms with Crippen molar-refractivity contribution in [3.8, 4) is 0 Å². The van der Waals surface area contributed by atoms with Gasteiger partial charge in [-0.15, -0.1) is 10.2 Å². The lowest BCUT2D eigenvalue weighted by Crippen LogP contribution is -2.34. The highest BCUT2D eigenvalue weighted by atomic mass is 35.5. The highest BCUT2D eigenvalue weighted by Crippen LogP contribution is 2.25. The molecular weight excluding hydrogens is 292 g/mol. The molecule has 2 aromatic heterocycles. The van der Waals surface area contributed by atoms with Crippen LogP contribution in [0.25, 0.3) is 0 Å². The SMILES string of the molecule is CCn1ncc(Cl)c1C(=O)NC1CCCn2c(C)nnc21. The number of carbonyl (C=O) groups excluding carboxylic acids is 1. The first-order valence-electron chi connectivity index (χ1n) is 7.03. The monoisotopic (exact) mass is 308 g/mol. The summed E-state index contributed by atoms with van der Waals surface area (Å²) in [5.74, 6) is 1.46. The topological polar surface area (TPSA) is 77.6 Å². The first-order chi connectivity index (χ1) is 10.1. The van der Waals surface area contributed by atoms with Gasteiger partial charge in [-0.3, -0.25) is 9.48 Å². The van der Waals surface area contributed by atoms with Crippen LogP contribution in [0.15, 0.2) is 6.20 Å². The molecule has 1 atom stereocenters. The van der Waals surface area contributed by atoms with Crippen LogP contribution in [0, 0.1) is 6.92 Å². The molecule has 0 radical (unpaired) electrons. The maximum Gasteiger partial charge on any atom is 0.271 e. The van der Waals surface area contributed by atoms with Gasteiger partial charge in [0.15, 0.2) is 5.82 Å². The number of hydrogen-bond acceptors (Lipinski definition) is 4. The molecule has 1 amide bonds. The van der Waals surface area contributed by atoms with Gasteiger partial charge >= 0.3 is 0 Å². The van der Waals surface area contributed by atoms with E-state index in [4.69, 9.17) is 11.6 Å². The van der Waals surface area contributed by atoms with E-state index >= 15 is 0 Å². The number of halogens is 1. The zero-order valence-electron chi connectivity index (χ0n) is 12.0. The van der Waals surface area contributed by atoms with Crippen molar-refractivity contribution in [1.82, 2.24) is 29.9 Å². The number of fused-ring (bicyclic) bond motifs is 1. The fraction of sp³-hybridized carbons (Fsp3) is 0.538. The summed E-state index contributed by atoms with van der Waals surface area (Å²) in [7, 11) is 0. The van der Waals surface area contributed by atoms with Gasteiger partial charge in [0.2, 0.25) is 0 Å². The molecule has 3 rings (SSSR count). The molecule has 7 nitrogen and oxygen atoms in total. The van der Waals surface area contributed by atoms with Crippen LogP contribution >= 0.6 is 11.6 Å². The minimum atomic E-state index is -0.224. The summed E-state index contributed by atoms with van der Waals surface area (Å²) < 4.78 is 3.64. The molecule has 1 aliphatic rings. The summed E-state index contributed by atoms with van der Waals surface area (Å²) in [6.45, 7) is 5.33. The Hall–Kier alpha value is -1.89. The number of nitrogens with one attached hydrogen (secondary N) is 1. The lowest BCUT2D eigenvalue weighted by molar-refractivity contribution is 0.0917. The second-order valence-corrected chi connectivity index (χ2v) is 5.49. The molecule has 0 spiro atoms. The Balaban J connectivity index is 1.84. The van der Waals surface area contributed by atoms with Crippen molar-refractivity contribution in [2.75, 3.05) is 0 Å². The maximum absolute atomic E-state index is 12.5. The van der Waals surface area contributed by atoms with Crippen LogP contribution in [0.4, 0.5) is 0 Å². The van der Waals surface area contributed by atoms with Crippen LogP contribution in [-0.4, -0.2) is 30.5 Å². The van der Waals surface area contributed by atoms with Crippen molar-refractivity contribution in [2.24, 2.45) is 0 Å². The molecule has 1 unspecified atom stereocenters. The first-order valence-corrected chi connectivity index (χ1v) is 7.41. The van der Waals surface area contributed by atoms with Crippen molar-refractivity contribution in [1.29, 1.82) is 0 Å². The van der Waals surface area contributed by atoms with Gasteiger partial charge in [0, 0.05) is 13.1 Å². The predicted octanol–water partition coefficient (Wildman–Crippen LogP) is 1.72. The number of amides is 1. The molecule has 1 N–H and O–H groups in total. The van der Waals surface area contributed by atoms with Gasteiger partial charge in [-0.2, -0.15) is 5.10 Å². The molecule has 8 heteroatoms. The summed E-state index contributed by atoms with van der Waals surface area (Å²) in [5.41, 5.74) is 0.396. The highest BCUT2D eigenvalue weighted by Gasteiger charge is 2.27. The van der Waals surface area contributed by atoms with Crippen LogP contribution in [0.5, 0.6) is 0 Å². The quantitative estimate of drug-likeness (QED) is 0.936. The molecule has 0 fully saturated rings. The van der Waals surface area contributed by atoms with Crippen molar-refractivity contribution < 1.29 is 4.79 Å². The van der Waals surface area contributed by atoms with E-state index in [1.54, 1.807) is 4.68 Å². The maximum atomic E-state index is 12.5. The smallest absolute Gasteiger partial charge is 0.271 e. The summed E-state index contributed by atoms with van der Waals surface area (Å²) in [6, 6.07) is -0.135. The number of carbonyl (C=O) groups is 1. The zero-order chi connectivity index (χ0) is 15.0. The van der Waals surface area contributed by atoms with Crippen molar-refractivity contribution in [2.45, 2.75) is 45.8 Å². The van der Waals surface area contributed by atoms with Crippen molar-refractivity contribution in [3.05, 3.63) is 28.6 Å². The number of aryl methyl sites for hydroxylation is 2. The molecule has 0 bridgehead atoms. The van der Waals surface area contributed by atoms with Gasteiger partial charge in [-0.25, -0.2) is 0 Å².